The average Bonchev–Trinajstić information content (AvgIpc) is 2.03. The van der Waals surface area contributed by atoms with Gasteiger partial charge in [0, 0.05) is 5.57 Å². The van der Waals surface area contributed by atoms with E-state index in [9.17, 15) is 4.39 Å². The van der Waals surface area contributed by atoms with Crippen LogP contribution < -0.4 is 0 Å². The lowest BCUT2D eigenvalue weighted by Crippen LogP contribution is -1.73. The highest BCUT2D eigenvalue weighted by atomic mass is 19.1. The van der Waals surface area contributed by atoms with E-state index in [0.717, 1.165) is 12.5 Å². The molecule has 0 aromatic carbocycles. The van der Waals surface area contributed by atoms with Gasteiger partial charge in [0.05, 0.1) is 0 Å². The summed E-state index contributed by atoms with van der Waals surface area (Å²) in [5.41, 5.74) is 0.560. The first kappa shape index (κ1) is 9.71. The molecule has 0 amide bonds. The van der Waals surface area contributed by atoms with Gasteiger partial charge in [-0.05, 0) is 18.6 Å². The van der Waals surface area contributed by atoms with Crippen molar-refractivity contribution < 1.29 is 4.39 Å². The second-order valence-corrected chi connectivity index (χ2v) is 1.95. The molecule has 0 aromatic heterocycles. The molecule has 0 aliphatic rings. The molecule has 0 radical (unpaired) electrons. The van der Waals surface area contributed by atoms with Gasteiger partial charge in [-0.3, -0.25) is 0 Å². The zero-order valence-corrected chi connectivity index (χ0v) is 6.60. The smallest absolute Gasteiger partial charge is 0.123 e. The molecule has 11 heavy (non-hydrogen) atoms. The van der Waals surface area contributed by atoms with Crippen LogP contribution in [0.3, 0.4) is 0 Å². The molecule has 0 bridgehead atoms. The number of halogens is 1. The Balaban J connectivity index is 4.45. The number of rotatable bonds is 3. The molecule has 0 unspecified atom stereocenters. The molecule has 0 aliphatic heterocycles. The van der Waals surface area contributed by atoms with E-state index in [1.54, 1.807) is 6.08 Å². The lowest BCUT2D eigenvalue weighted by atomic mass is 10.2. The summed E-state index contributed by atoms with van der Waals surface area (Å²) >= 11 is 0. The molecule has 0 spiro atoms. The lowest BCUT2D eigenvalue weighted by Gasteiger charge is -1.88. The molecule has 0 saturated carbocycles. The van der Waals surface area contributed by atoms with Crippen LogP contribution in [0.5, 0.6) is 0 Å². The van der Waals surface area contributed by atoms with E-state index < -0.39 is 5.83 Å². The molecule has 0 N–H and O–H groups in total. The summed E-state index contributed by atoms with van der Waals surface area (Å²) in [6, 6.07) is 0. The van der Waals surface area contributed by atoms with Crippen molar-refractivity contribution in [3.05, 3.63) is 36.2 Å². The third-order valence-corrected chi connectivity index (χ3v) is 1.08. The minimum Gasteiger partial charge on any atom is -0.207 e. The standard InChI is InChI=1S/C10H11F/c1-4-7-9(5-2)8-10(11)6-3/h2,6-8H,3-4H2,1H3/b9-7-,10-8+. The van der Waals surface area contributed by atoms with E-state index >= 15 is 0 Å². The van der Waals surface area contributed by atoms with Crippen molar-refractivity contribution >= 4 is 0 Å². The van der Waals surface area contributed by atoms with E-state index in [-0.39, 0.29) is 0 Å². The summed E-state index contributed by atoms with van der Waals surface area (Å²) in [7, 11) is 0. The SMILES string of the molecule is C#CC(/C=C(/F)C=C)=C/CC. The van der Waals surface area contributed by atoms with Gasteiger partial charge in [0.25, 0.3) is 0 Å². The predicted molar refractivity (Wildman–Crippen MR) is 46.6 cm³/mol. The second-order valence-electron chi connectivity index (χ2n) is 1.95. The van der Waals surface area contributed by atoms with Crippen LogP contribution in [0.4, 0.5) is 4.39 Å². The topological polar surface area (TPSA) is 0 Å². The summed E-state index contributed by atoms with van der Waals surface area (Å²) < 4.78 is 12.5. The van der Waals surface area contributed by atoms with Gasteiger partial charge in [-0.2, -0.15) is 0 Å². The Labute approximate surface area is 67.1 Å². The highest BCUT2D eigenvalue weighted by Gasteiger charge is 1.88. The molecule has 0 aromatic rings. The Morgan fingerprint density at radius 2 is 2.36 bits per heavy atom. The van der Waals surface area contributed by atoms with Crippen molar-refractivity contribution in [1.82, 2.24) is 0 Å². The monoisotopic (exact) mass is 150 g/mol. The van der Waals surface area contributed by atoms with Crippen molar-refractivity contribution in [3.8, 4) is 12.3 Å². The summed E-state index contributed by atoms with van der Waals surface area (Å²) in [6.07, 6.45) is 10.1. The van der Waals surface area contributed by atoms with Crippen molar-refractivity contribution in [2.45, 2.75) is 13.3 Å². The van der Waals surface area contributed by atoms with E-state index in [0.29, 0.717) is 5.57 Å². The average molecular weight is 150 g/mol. The molecule has 0 rings (SSSR count). The first-order chi connectivity index (χ1) is 5.24. The van der Waals surface area contributed by atoms with Crippen LogP contribution >= 0.6 is 0 Å². The fourth-order valence-electron chi connectivity index (χ4n) is 0.587. The van der Waals surface area contributed by atoms with Crippen molar-refractivity contribution in [2.75, 3.05) is 0 Å². The van der Waals surface area contributed by atoms with Crippen LogP contribution in [0.1, 0.15) is 13.3 Å². The van der Waals surface area contributed by atoms with E-state index in [1.807, 2.05) is 6.92 Å². The highest BCUT2D eigenvalue weighted by Crippen LogP contribution is 2.04. The molecule has 58 valence electrons. The van der Waals surface area contributed by atoms with Crippen LogP contribution in [-0.2, 0) is 0 Å². The maximum atomic E-state index is 12.5. The summed E-state index contributed by atoms with van der Waals surface area (Å²) in [4.78, 5) is 0. The van der Waals surface area contributed by atoms with Crippen molar-refractivity contribution in [3.63, 3.8) is 0 Å². The van der Waals surface area contributed by atoms with Crippen LogP contribution in [0.25, 0.3) is 0 Å². The lowest BCUT2D eigenvalue weighted by molar-refractivity contribution is 0.667. The highest BCUT2D eigenvalue weighted by molar-refractivity contribution is 5.38. The van der Waals surface area contributed by atoms with Gasteiger partial charge in [0.15, 0.2) is 0 Å². The largest absolute Gasteiger partial charge is 0.207 e. The quantitative estimate of drug-likeness (QED) is 0.428. The Bertz CT molecular complexity index is 226. The molecule has 0 heterocycles. The zero-order valence-electron chi connectivity index (χ0n) is 6.60. The molecule has 0 aliphatic carbocycles. The summed E-state index contributed by atoms with van der Waals surface area (Å²) in [5.74, 6) is 1.96. The van der Waals surface area contributed by atoms with Crippen LogP contribution in [0.15, 0.2) is 36.2 Å². The maximum absolute atomic E-state index is 12.5. The minimum atomic E-state index is -0.400. The van der Waals surface area contributed by atoms with E-state index in [1.165, 1.54) is 6.08 Å². The molecule has 0 atom stereocenters. The zero-order chi connectivity index (χ0) is 8.69. The maximum Gasteiger partial charge on any atom is 0.123 e. The van der Waals surface area contributed by atoms with E-state index in [2.05, 4.69) is 12.5 Å². The normalized spacial score (nSPS) is 12.5. The van der Waals surface area contributed by atoms with Gasteiger partial charge >= 0.3 is 0 Å². The number of hydrogen-bond acceptors (Lipinski definition) is 0. The van der Waals surface area contributed by atoms with E-state index in [4.69, 9.17) is 6.42 Å². The Hall–Kier alpha value is -1.29. The van der Waals surface area contributed by atoms with Crippen molar-refractivity contribution in [2.24, 2.45) is 0 Å². The van der Waals surface area contributed by atoms with Gasteiger partial charge < -0.3 is 0 Å². The third kappa shape index (κ3) is 4.16. The molecule has 1 heteroatoms. The Morgan fingerprint density at radius 1 is 1.73 bits per heavy atom. The van der Waals surface area contributed by atoms with Crippen molar-refractivity contribution in [1.29, 1.82) is 0 Å². The summed E-state index contributed by atoms with van der Waals surface area (Å²) in [5, 5.41) is 0. The molecule has 0 saturated heterocycles. The predicted octanol–water partition coefficient (Wildman–Crippen LogP) is 3.00. The Morgan fingerprint density at radius 3 is 2.73 bits per heavy atom. The van der Waals surface area contributed by atoms with Crippen LogP contribution in [0.2, 0.25) is 0 Å². The fraction of sp³-hybridized carbons (Fsp3) is 0.200. The second kappa shape index (κ2) is 5.49. The van der Waals surface area contributed by atoms with Gasteiger partial charge in [-0.1, -0.05) is 25.5 Å². The van der Waals surface area contributed by atoms with Crippen LogP contribution in [-0.4, -0.2) is 0 Å². The number of allylic oxidation sites excluding steroid dienone is 5. The van der Waals surface area contributed by atoms with Gasteiger partial charge in [-0.25, -0.2) is 4.39 Å². The van der Waals surface area contributed by atoms with Gasteiger partial charge in [0.2, 0.25) is 0 Å². The molecular weight excluding hydrogens is 139 g/mol. The third-order valence-electron chi connectivity index (χ3n) is 1.08. The first-order valence-electron chi connectivity index (χ1n) is 3.41. The summed E-state index contributed by atoms with van der Waals surface area (Å²) in [6.45, 7) is 5.21. The fourth-order valence-corrected chi connectivity index (χ4v) is 0.587. The number of hydrogen-bond donors (Lipinski definition) is 0. The molecule has 0 fully saturated rings. The van der Waals surface area contributed by atoms with Gasteiger partial charge in [-0.15, -0.1) is 6.42 Å². The molecule has 0 nitrogen and oxygen atoms in total. The molecular formula is C10H11F. The Kier molecular flexibility index (Phi) is 4.85. The van der Waals surface area contributed by atoms with Gasteiger partial charge in [0.1, 0.15) is 5.83 Å². The number of terminal acetylenes is 1. The van der Waals surface area contributed by atoms with Crippen LogP contribution in [0, 0.1) is 12.3 Å². The first-order valence-corrected chi connectivity index (χ1v) is 3.41. The minimum absolute atomic E-state index is 0.400.